The number of hydrogen-bond acceptors (Lipinski definition) is 5. The van der Waals surface area contributed by atoms with Crippen LogP contribution in [0.25, 0.3) is 0 Å². The van der Waals surface area contributed by atoms with Crippen molar-refractivity contribution in [3.8, 4) is 11.5 Å². The van der Waals surface area contributed by atoms with Crippen molar-refractivity contribution in [3.05, 3.63) is 23.8 Å². The van der Waals surface area contributed by atoms with Crippen molar-refractivity contribution >= 4 is 11.8 Å². The number of nitrogens with one attached hydrogen (secondary N) is 1. The summed E-state index contributed by atoms with van der Waals surface area (Å²) in [5, 5.41) is 13.4. The highest BCUT2D eigenvalue weighted by Crippen LogP contribution is 2.33. The van der Waals surface area contributed by atoms with Crippen LogP contribution in [0.2, 0.25) is 0 Å². The summed E-state index contributed by atoms with van der Waals surface area (Å²) in [6.45, 7) is 1.78. The molecule has 0 aliphatic carbocycles. The number of ether oxygens (including phenoxy) is 2. The molecule has 1 aliphatic heterocycles. The molecule has 0 fully saturated rings. The fourth-order valence-corrected chi connectivity index (χ4v) is 2.47. The molecule has 1 heterocycles. The average molecular weight is 283 g/mol. The summed E-state index contributed by atoms with van der Waals surface area (Å²) in [5.74, 6) is 2.67. The Kier molecular flexibility index (Phi) is 5.82. The van der Waals surface area contributed by atoms with E-state index in [1.807, 2.05) is 30.0 Å². The summed E-state index contributed by atoms with van der Waals surface area (Å²) in [5.41, 5.74) is 0.862. The van der Waals surface area contributed by atoms with Gasteiger partial charge in [0.25, 0.3) is 0 Å². The van der Waals surface area contributed by atoms with Gasteiger partial charge in [-0.2, -0.15) is 11.8 Å². The lowest BCUT2D eigenvalue weighted by atomic mass is 10.1. The smallest absolute Gasteiger partial charge is 0.231 e. The SMILES string of the molecule is CSCCCCNCC(O)c1ccc2c(c1)OCO2. The number of benzene rings is 1. The van der Waals surface area contributed by atoms with E-state index < -0.39 is 6.10 Å². The van der Waals surface area contributed by atoms with E-state index in [0.717, 1.165) is 30.0 Å². The molecule has 1 unspecified atom stereocenters. The number of fused-ring (bicyclic) bond motifs is 1. The van der Waals surface area contributed by atoms with Gasteiger partial charge in [0.15, 0.2) is 11.5 Å². The molecule has 0 aromatic heterocycles. The Hall–Kier alpha value is -0.910. The molecule has 0 saturated heterocycles. The first-order valence-electron chi connectivity index (χ1n) is 6.58. The molecule has 0 bridgehead atoms. The van der Waals surface area contributed by atoms with E-state index in [-0.39, 0.29) is 6.79 Å². The molecule has 1 aliphatic rings. The van der Waals surface area contributed by atoms with E-state index >= 15 is 0 Å². The Morgan fingerprint density at radius 2 is 2.16 bits per heavy atom. The summed E-state index contributed by atoms with van der Waals surface area (Å²) in [6, 6.07) is 5.58. The van der Waals surface area contributed by atoms with Gasteiger partial charge in [0.05, 0.1) is 6.10 Å². The summed E-state index contributed by atoms with van der Waals surface area (Å²) in [7, 11) is 0. The average Bonchev–Trinajstić information content (AvgIpc) is 2.89. The van der Waals surface area contributed by atoms with Gasteiger partial charge in [-0.3, -0.25) is 0 Å². The predicted molar refractivity (Wildman–Crippen MR) is 78.0 cm³/mol. The van der Waals surface area contributed by atoms with Crippen molar-refractivity contribution < 1.29 is 14.6 Å². The third kappa shape index (κ3) is 4.30. The monoisotopic (exact) mass is 283 g/mol. The van der Waals surface area contributed by atoms with Crippen molar-refractivity contribution in [2.45, 2.75) is 18.9 Å². The minimum Gasteiger partial charge on any atom is -0.454 e. The van der Waals surface area contributed by atoms with Gasteiger partial charge < -0.3 is 19.9 Å². The lowest BCUT2D eigenvalue weighted by Crippen LogP contribution is -2.22. The van der Waals surface area contributed by atoms with Gasteiger partial charge >= 0.3 is 0 Å². The Balaban J connectivity index is 1.72. The molecule has 0 amide bonds. The summed E-state index contributed by atoms with van der Waals surface area (Å²) < 4.78 is 10.6. The topological polar surface area (TPSA) is 50.7 Å². The maximum atomic E-state index is 10.1. The van der Waals surface area contributed by atoms with Crippen LogP contribution in [0.1, 0.15) is 24.5 Å². The molecule has 0 radical (unpaired) electrons. The van der Waals surface area contributed by atoms with Crippen LogP contribution in [-0.4, -0.2) is 37.0 Å². The van der Waals surface area contributed by atoms with Gasteiger partial charge in [-0.05, 0) is 49.1 Å². The van der Waals surface area contributed by atoms with Gasteiger partial charge in [-0.1, -0.05) is 6.07 Å². The van der Waals surface area contributed by atoms with Gasteiger partial charge in [-0.25, -0.2) is 0 Å². The van der Waals surface area contributed by atoms with Gasteiger partial charge in [-0.15, -0.1) is 0 Å². The molecule has 1 atom stereocenters. The Morgan fingerprint density at radius 1 is 1.32 bits per heavy atom. The Labute approximate surface area is 118 Å². The second kappa shape index (κ2) is 7.62. The minimum atomic E-state index is -0.505. The maximum Gasteiger partial charge on any atom is 0.231 e. The molecule has 5 heteroatoms. The fraction of sp³-hybridized carbons (Fsp3) is 0.571. The highest BCUT2D eigenvalue weighted by atomic mass is 32.2. The van der Waals surface area contributed by atoms with E-state index in [1.165, 1.54) is 12.2 Å². The molecule has 4 nitrogen and oxygen atoms in total. The summed E-state index contributed by atoms with van der Waals surface area (Å²) in [6.07, 6.45) is 3.98. The number of aliphatic hydroxyl groups excluding tert-OH is 1. The van der Waals surface area contributed by atoms with Gasteiger partial charge in [0, 0.05) is 6.54 Å². The first kappa shape index (κ1) is 14.5. The van der Waals surface area contributed by atoms with Gasteiger partial charge in [0.2, 0.25) is 6.79 Å². The molecule has 0 spiro atoms. The van der Waals surface area contributed by atoms with E-state index in [0.29, 0.717) is 6.54 Å². The maximum absolute atomic E-state index is 10.1. The van der Waals surface area contributed by atoms with Crippen molar-refractivity contribution in [1.29, 1.82) is 0 Å². The third-order valence-electron chi connectivity index (χ3n) is 3.07. The zero-order valence-electron chi connectivity index (χ0n) is 11.2. The first-order chi connectivity index (χ1) is 9.31. The lowest BCUT2D eigenvalue weighted by Gasteiger charge is -2.12. The molecular weight excluding hydrogens is 262 g/mol. The second-order valence-corrected chi connectivity index (χ2v) is 5.52. The number of aliphatic hydroxyl groups is 1. The van der Waals surface area contributed by atoms with Crippen LogP contribution in [0.5, 0.6) is 11.5 Å². The van der Waals surface area contributed by atoms with Crippen LogP contribution in [0, 0.1) is 0 Å². The summed E-state index contributed by atoms with van der Waals surface area (Å²) in [4.78, 5) is 0. The van der Waals surface area contributed by atoms with Crippen LogP contribution in [-0.2, 0) is 0 Å². The standard InChI is InChI=1S/C14H21NO3S/c1-19-7-3-2-6-15-9-12(16)11-4-5-13-14(8-11)18-10-17-13/h4-5,8,12,15-16H,2-3,6-7,9-10H2,1H3. The second-order valence-electron chi connectivity index (χ2n) is 4.53. The van der Waals surface area contributed by atoms with Gasteiger partial charge in [0.1, 0.15) is 0 Å². The highest BCUT2D eigenvalue weighted by Gasteiger charge is 2.16. The van der Waals surface area contributed by atoms with E-state index in [2.05, 4.69) is 11.6 Å². The largest absolute Gasteiger partial charge is 0.454 e. The quantitative estimate of drug-likeness (QED) is 0.716. The highest BCUT2D eigenvalue weighted by molar-refractivity contribution is 7.98. The molecule has 1 aromatic rings. The molecule has 2 rings (SSSR count). The van der Waals surface area contributed by atoms with Crippen LogP contribution in [0.3, 0.4) is 0 Å². The third-order valence-corrected chi connectivity index (χ3v) is 3.77. The zero-order valence-corrected chi connectivity index (χ0v) is 12.0. The molecule has 106 valence electrons. The Morgan fingerprint density at radius 3 is 3.00 bits per heavy atom. The van der Waals surface area contributed by atoms with Crippen molar-refractivity contribution in [2.75, 3.05) is 31.9 Å². The molecule has 19 heavy (non-hydrogen) atoms. The number of thioether (sulfide) groups is 1. The van der Waals surface area contributed by atoms with E-state index in [4.69, 9.17) is 9.47 Å². The fourth-order valence-electron chi connectivity index (χ4n) is 1.97. The number of unbranched alkanes of at least 4 members (excludes halogenated alkanes) is 1. The van der Waals surface area contributed by atoms with E-state index in [9.17, 15) is 5.11 Å². The minimum absolute atomic E-state index is 0.266. The molecule has 2 N–H and O–H groups in total. The lowest BCUT2D eigenvalue weighted by molar-refractivity contribution is 0.170. The van der Waals surface area contributed by atoms with Crippen LogP contribution < -0.4 is 14.8 Å². The van der Waals surface area contributed by atoms with Crippen LogP contribution in [0.4, 0.5) is 0 Å². The molecular formula is C14H21NO3S. The van der Waals surface area contributed by atoms with E-state index in [1.54, 1.807) is 0 Å². The molecule has 1 aromatic carbocycles. The molecule has 0 saturated carbocycles. The van der Waals surface area contributed by atoms with Crippen molar-refractivity contribution in [1.82, 2.24) is 5.32 Å². The normalized spacial score (nSPS) is 14.6. The first-order valence-corrected chi connectivity index (χ1v) is 7.98. The number of rotatable bonds is 8. The predicted octanol–water partition coefficient (Wildman–Crippen LogP) is 2.18. The van der Waals surface area contributed by atoms with Crippen LogP contribution >= 0.6 is 11.8 Å². The summed E-state index contributed by atoms with van der Waals surface area (Å²) >= 11 is 1.87. The van der Waals surface area contributed by atoms with Crippen molar-refractivity contribution in [3.63, 3.8) is 0 Å². The van der Waals surface area contributed by atoms with Crippen molar-refractivity contribution in [2.24, 2.45) is 0 Å². The zero-order chi connectivity index (χ0) is 13.5. The number of hydrogen-bond donors (Lipinski definition) is 2. The van der Waals surface area contributed by atoms with Crippen LogP contribution in [0.15, 0.2) is 18.2 Å². The Bertz CT molecular complexity index is 400.